The van der Waals surface area contributed by atoms with Gasteiger partial charge in [-0.25, -0.2) is 4.39 Å². The van der Waals surface area contributed by atoms with E-state index in [1.165, 1.54) is 25.0 Å². The lowest BCUT2D eigenvalue weighted by atomic mass is 9.99. The molecule has 1 aromatic rings. The van der Waals surface area contributed by atoms with Crippen molar-refractivity contribution in [1.29, 1.82) is 0 Å². The fourth-order valence-electron chi connectivity index (χ4n) is 3.11. The maximum atomic E-state index is 13.2. The van der Waals surface area contributed by atoms with Crippen LogP contribution in [0.3, 0.4) is 0 Å². The highest BCUT2D eigenvalue weighted by molar-refractivity contribution is 9.10. The molecule has 2 aliphatic rings. The normalized spacial score (nSPS) is 29.3. The first-order valence-corrected chi connectivity index (χ1v) is 7.43. The summed E-state index contributed by atoms with van der Waals surface area (Å²) in [6.45, 7) is 0. The van der Waals surface area contributed by atoms with E-state index < -0.39 is 5.82 Å². The zero-order valence-corrected chi connectivity index (χ0v) is 12.0. The van der Waals surface area contributed by atoms with Gasteiger partial charge in [-0.2, -0.15) is 0 Å². The van der Waals surface area contributed by atoms with E-state index in [1.807, 2.05) is 0 Å². The smallest absolute Gasteiger partial charge is 0.252 e. The van der Waals surface area contributed by atoms with Gasteiger partial charge in [0, 0.05) is 22.6 Å². The summed E-state index contributed by atoms with van der Waals surface area (Å²) >= 11 is 3.29. The van der Waals surface area contributed by atoms with Crippen LogP contribution in [0.1, 0.15) is 36.0 Å². The molecule has 102 valence electrons. The molecule has 19 heavy (non-hydrogen) atoms. The standard InChI is InChI=1S/C14H16BrFN2O/c15-13-4-1-8(16)5-12(13)14(19)18-11-6-9-2-3-10(7-11)17-9/h1,4-5,9-11,17H,2-3,6-7H2,(H,18,19). The predicted molar refractivity (Wildman–Crippen MR) is 74.5 cm³/mol. The van der Waals surface area contributed by atoms with Crippen LogP contribution < -0.4 is 10.6 Å². The largest absolute Gasteiger partial charge is 0.349 e. The molecule has 0 saturated carbocycles. The van der Waals surface area contributed by atoms with E-state index >= 15 is 0 Å². The fraction of sp³-hybridized carbons (Fsp3) is 0.500. The van der Waals surface area contributed by atoms with Gasteiger partial charge < -0.3 is 10.6 Å². The molecule has 5 heteroatoms. The third-order valence-corrected chi connectivity index (χ3v) is 4.67. The number of hydrogen-bond donors (Lipinski definition) is 2. The van der Waals surface area contributed by atoms with E-state index in [1.54, 1.807) is 6.07 Å². The monoisotopic (exact) mass is 326 g/mol. The summed E-state index contributed by atoms with van der Waals surface area (Å²) in [7, 11) is 0. The molecule has 2 unspecified atom stereocenters. The number of rotatable bonds is 2. The minimum Gasteiger partial charge on any atom is -0.349 e. The summed E-state index contributed by atoms with van der Waals surface area (Å²) in [6.07, 6.45) is 4.33. The van der Waals surface area contributed by atoms with Gasteiger partial charge in [-0.15, -0.1) is 0 Å². The Hall–Kier alpha value is -0.940. The van der Waals surface area contributed by atoms with Crippen molar-refractivity contribution in [2.24, 2.45) is 0 Å². The van der Waals surface area contributed by atoms with Crippen molar-refractivity contribution >= 4 is 21.8 Å². The van der Waals surface area contributed by atoms with Gasteiger partial charge >= 0.3 is 0 Å². The van der Waals surface area contributed by atoms with E-state index in [9.17, 15) is 9.18 Å². The van der Waals surface area contributed by atoms with Gasteiger partial charge in [-0.3, -0.25) is 4.79 Å². The van der Waals surface area contributed by atoms with Gasteiger partial charge in [-0.1, -0.05) is 0 Å². The third kappa shape index (κ3) is 2.82. The summed E-state index contributed by atoms with van der Waals surface area (Å²) in [5.41, 5.74) is 0.367. The van der Waals surface area contributed by atoms with Crippen LogP contribution >= 0.6 is 15.9 Å². The van der Waals surface area contributed by atoms with Crippen LogP contribution in [-0.4, -0.2) is 24.0 Å². The van der Waals surface area contributed by atoms with Crippen LogP contribution in [0, 0.1) is 5.82 Å². The van der Waals surface area contributed by atoms with Gasteiger partial charge in [0.2, 0.25) is 0 Å². The fourth-order valence-corrected chi connectivity index (χ4v) is 3.54. The first kappa shape index (κ1) is 13.1. The molecule has 3 rings (SSSR count). The molecule has 0 aliphatic carbocycles. The van der Waals surface area contributed by atoms with Crippen LogP contribution in [0.2, 0.25) is 0 Å². The maximum Gasteiger partial charge on any atom is 0.252 e. The summed E-state index contributed by atoms with van der Waals surface area (Å²) in [5.74, 6) is -0.587. The average molecular weight is 327 g/mol. The summed E-state index contributed by atoms with van der Waals surface area (Å²) in [4.78, 5) is 12.2. The van der Waals surface area contributed by atoms with Crippen LogP contribution in [0.25, 0.3) is 0 Å². The second-order valence-electron chi connectivity index (χ2n) is 5.40. The van der Waals surface area contributed by atoms with Gasteiger partial charge in [0.1, 0.15) is 5.82 Å². The molecular formula is C14H16BrFN2O. The lowest BCUT2D eigenvalue weighted by molar-refractivity contribution is 0.0922. The number of carbonyl (C=O) groups excluding carboxylic acids is 1. The van der Waals surface area contributed by atoms with Crippen LogP contribution in [-0.2, 0) is 0 Å². The molecule has 2 bridgehead atoms. The summed E-state index contributed by atoms with van der Waals surface area (Å²) in [6, 6.07) is 5.43. The summed E-state index contributed by atoms with van der Waals surface area (Å²) < 4.78 is 13.8. The van der Waals surface area contributed by atoms with Crippen molar-refractivity contribution in [2.45, 2.75) is 43.8 Å². The molecule has 1 amide bonds. The van der Waals surface area contributed by atoms with Crippen molar-refractivity contribution in [2.75, 3.05) is 0 Å². The third-order valence-electron chi connectivity index (χ3n) is 3.98. The van der Waals surface area contributed by atoms with Crippen LogP contribution in [0.4, 0.5) is 4.39 Å². The Kier molecular flexibility index (Phi) is 3.58. The Morgan fingerprint density at radius 1 is 1.32 bits per heavy atom. The molecule has 2 N–H and O–H groups in total. The highest BCUT2D eigenvalue weighted by Gasteiger charge is 2.34. The van der Waals surface area contributed by atoms with Crippen LogP contribution in [0.5, 0.6) is 0 Å². The SMILES string of the molecule is O=C(NC1CC2CCC(C1)N2)c1cc(F)ccc1Br. The first-order valence-electron chi connectivity index (χ1n) is 6.64. The number of halogens is 2. The predicted octanol–water partition coefficient (Wildman–Crippen LogP) is 2.60. The van der Waals surface area contributed by atoms with Crippen molar-refractivity contribution in [3.63, 3.8) is 0 Å². The topological polar surface area (TPSA) is 41.1 Å². The Morgan fingerprint density at radius 3 is 2.68 bits per heavy atom. The van der Waals surface area contributed by atoms with E-state index in [-0.39, 0.29) is 11.9 Å². The second kappa shape index (κ2) is 5.21. The average Bonchev–Trinajstić information content (AvgIpc) is 2.71. The molecule has 2 atom stereocenters. The minimum absolute atomic E-state index is 0.196. The molecular weight excluding hydrogens is 311 g/mol. The molecule has 2 heterocycles. The zero-order valence-electron chi connectivity index (χ0n) is 10.5. The molecule has 1 aromatic carbocycles. The number of benzene rings is 1. The lowest BCUT2D eigenvalue weighted by Crippen LogP contribution is -2.48. The Morgan fingerprint density at radius 2 is 2.00 bits per heavy atom. The van der Waals surface area contributed by atoms with Gasteiger partial charge in [0.25, 0.3) is 5.91 Å². The van der Waals surface area contributed by atoms with Crippen molar-refractivity contribution in [3.05, 3.63) is 34.1 Å². The van der Waals surface area contributed by atoms with Gasteiger partial charge in [0.15, 0.2) is 0 Å². The van der Waals surface area contributed by atoms with E-state index in [4.69, 9.17) is 0 Å². The molecule has 3 nitrogen and oxygen atoms in total. The number of nitrogens with one attached hydrogen (secondary N) is 2. The Labute approximate surface area is 120 Å². The van der Waals surface area contributed by atoms with E-state index in [2.05, 4.69) is 26.6 Å². The summed E-state index contributed by atoms with van der Waals surface area (Å²) in [5, 5.41) is 6.56. The number of hydrogen-bond acceptors (Lipinski definition) is 2. The van der Waals surface area contributed by atoms with Crippen LogP contribution in [0.15, 0.2) is 22.7 Å². The lowest BCUT2D eigenvalue weighted by Gasteiger charge is -2.29. The molecule has 0 aromatic heterocycles. The number of fused-ring (bicyclic) bond motifs is 2. The molecule has 0 spiro atoms. The number of carbonyl (C=O) groups is 1. The quantitative estimate of drug-likeness (QED) is 0.877. The molecule has 2 aliphatic heterocycles. The Bertz CT molecular complexity index is 496. The number of piperidine rings is 1. The molecule has 2 fully saturated rings. The van der Waals surface area contributed by atoms with E-state index in [0.29, 0.717) is 22.1 Å². The highest BCUT2D eigenvalue weighted by Crippen LogP contribution is 2.27. The molecule has 0 radical (unpaired) electrons. The van der Waals surface area contributed by atoms with Crippen molar-refractivity contribution < 1.29 is 9.18 Å². The first-order chi connectivity index (χ1) is 9.11. The van der Waals surface area contributed by atoms with Crippen molar-refractivity contribution in [1.82, 2.24) is 10.6 Å². The minimum atomic E-state index is -0.390. The second-order valence-corrected chi connectivity index (χ2v) is 6.26. The molecule has 2 saturated heterocycles. The zero-order chi connectivity index (χ0) is 13.4. The van der Waals surface area contributed by atoms with E-state index in [0.717, 1.165) is 12.8 Å². The maximum absolute atomic E-state index is 13.2. The Balaban J connectivity index is 1.69. The number of amides is 1. The van der Waals surface area contributed by atoms with Gasteiger partial charge in [0.05, 0.1) is 5.56 Å². The van der Waals surface area contributed by atoms with Crippen molar-refractivity contribution in [3.8, 4) is 0 Å². The van der Waals surface area contributed by atoms with Gasteiger partial charge in [-0.05, 0) is 59.8 Å². The highest BCUT2D eigenvalue weighted by atomic mass is 79.9.